The highest BCUT2D eigenvalue weighted by Gasteiger charge is 2.42. The second kappa shape index (κ2) is 6.69. The van der Waals surface area contributed by atoms with Crippen molar-refractivity contribution in [2.45, 2.75) is 32.6 Å². The first-order chi connectivity index (χ1) is 9.30. The third kappa shape index (κ3) is 3.93. The largest absolute Gasteiger partial charge is 0.368 e. The van der Waals surface area contributed by atoms with Gasteiger partial charge in [-0.3, -0.25) is 14.4 Å². The highest BCUT2D eigenvalue weighted by Crippen LogP contribution is 2.39. The van der Waals surface area contributed by atoms with E-state index in [1.165, 1.54) is 0 Å². The lowest BCUT2D eigenvalue weighted by Crippen LogP contribution is -2.53. The second-order valence-electron chi connectivity index (χ2n) is 5.76. The summed E-state index contributed by atoms with van der Waals surface area (Å²) in [5.41, 5.74) is 15.4. The topological polar surface area (TPSA) is 133 Å². The van der Waals surface area contributed by atoms with E-state index in [4.69, 9.17) is 17.2 Å². The molecule has 0 aromatic rings. The van der Waals surface area contributed by atoms with Gasteiger partial charge in [0.05, 0.1) is 18.5 Å². The van der Waals surface area contributed by atoms with Crippen molar-refractivity contribution in [1.29, 1.82) is 0 Å². The van der Waals surface area contributed by atoms with Crippen molar-refractivity contribution in [3.63, 3.8) is 0 Å². The van der Waals surface area contributed by atoms with Gasteiger partial charge in [0.15, 0.2) is 0 Å². The molecule has 0 atom stereocenters. The highest BCUT2D eigenvalue weighted by atomic mass is 16.2. The molecule has 0 saturated heterocycles. The van der Waals surface area contributed by atoms with Crippen molar-refractivity contribution in [1.82, 2.24) is 4.90 Å². The van der Waals surface area contributed by atoms with Gasteiger partial charge in [-0.25, -0.2) is 0 Å². The van der Waals surface area contributed by atoms with Gasteiger partial charge in [0.1, 0.15) is 0 Å². The van der Waals surface area contributed by atoms with Crippen LogP contribution in [0.25, 0.3) is 0 Å². The molecule has 7 heteroatoms. The number of nitrogens with zero attached hydrogens (tertiary/aromatic N) is 1. The lowest BCUT2D eigenvalue weighted by atomic mass is 9.70. The molecule has 0 bridgehead atoms. The third-order valence-corrected chi connectivity index (χ3v) is 4.06. The Morgan fingerprint density at radius 2 is 1.55 bits per heavy atom. The standard InChI is InChI=1S/C13H24N4O3/c1-9-2-4-13(8-14,5-3-9)12(20)17(6-10(15)18)7-11(16)19/h9H,2-8,14H2,1H3,(H2,15,18)(H2,16,19). The minimum Gasteiger partial charge on any atom is -0.368 e. The summed E-state index contributed by atoms with van der Waals surface area (Å²) < 4.78 is 0. The SMILES string of the molecule is CC1CCC(CN)(C(=O)N(CC(N)=O)CC(N)=O)CC1. The zero-order valence-corrected chi connectivity index (χ0v) is 11.9. The van der Waals surface area contributed by atoms with E-state index in [0.29, 0.717) is 18.8 Å². The molecule has 3 amide bonds. The fourth-order valence-electron chi connectivity index (χ4n) is 2.73. The smallest absolute Gasteiger partial charge is 0.237 e. The molecule has 114 valence electrons. The van der Waals surface area contributed by atoms with E-state index in [2.05, 4.69) is 6.92 Å². The van der Waals surface area contributed by atoms with Gasteiger partial charge >= 0.3 is 0 Å². The van der Waals surface area contributed by atoms with E-state index in [0.717, 1.165) is 17.7 Å². The van der Waals surface area contributed by atoms with Gasteiger partial charge in [-0.15, -0.1) is 0 Å². The molecule has 0 unspecified atom stereocenters. The molecule has 0 aliphatic heterocycles. The number of nitrogens with two attached hydrogens (primary N) is 3. The van der Waals surface area contributed by atoms with E-state index in [-0.39, 0.29) is 25.5 Å². The maximum absolute atomic E-state index is 12.7. The van der Waals surface area contributed by atoms with Crippen molar-refractivity contribution in [3.05, 3.63) is 0 Å². The molecule has 6 N–H and O–H groups in total. The third-order valence-electron chi connectivity index (χ3n) is 4.06. The predicted molar refractivity (Wildman–Crippen MR) is 74.1 cm³/mol. The van der Waals surface area contributed by atoms with Crippen molar-refractivity contribution >= 4 is 17.7 Å². The van der Waals surface area contributed by atoms with Crippen LogP contribution in [0.1, 0.15) is 32.6 Å². The van der Waals surface area contributed by atoms with Gasteiger partial charge in [0.2, 0.25) is 17.7 Å². The summed E-state index contributed by atoms with van der Waals surface area (Å²) in [6.45, 7) is 1.72. The normalized spacial score (nSPS) is 26.0. The van der Waals surface area contributed by atoms with Crippen LogP contribution in [0.4, 0.5) is 0 Å². The monoisotopic (exact) mass is 284 g/mol. The number of primary amides is 2. The van der Waals surface area contributed by atoms with E-state index in [9.17, 15) is 14.4 Å². The number of hydrogen-bond acceptors (Lipinski definition) is 4. The molecule has 1 saturated carbocycles. The van der Waals surface area contributed by atoms with Crippen molar-refractivity contribution < 1.29 is 14.4 Å². The number of amides is 3. The lowest BCUT2D eigenvalue weighted by Gasteiger charge is -2.40. The first-order valence-corrected chi connectivity index (χ1v) is 6.87. The number of carbonyl (C=O) groups excluding carboxylic acids is 3. The maximum Gasteiger partial charge on any atom is 0.237 e. The zero-order valence-electron chi connectivity index (χ0n) is 11.9. The summed E-state index contributed by atoms with van der Waals surface area (Å²) in [6, 6.07) is 0. The Morgan fingerprint density at radius 1 is 1.10 bits per heavy atom. The van der Waals surface area contributed by atoms with Gasteiger partial charge in [0, 0.05) is 6.54 Å². The Bertz CT molecular complexity index is 373. The van der Waals surface area contributed by atoms with Crippen LogP contribution in [0.5, 0.6) is 0 Å². The van der Waals surface area contributed by atoms with Crippen LogP contribution in [0.2, 0.25) is 0 Å². The van der Waals surface area contributed by atoms with Crippen LogP contribution in [0, 0.1) is 11.3 Å². The van der Waals surface area contributed by atoms with Gasteiger partial charge in [-0.1, -0.05) is 6.92 Å². The minimum atomic E-state index is -0.697. The zero-order chi connectivity index (χ0) is 15.3. The Labute approximate surface area is 118 Å². The molecular formula is C13H24N4O3. The van der Waals surface area contributed by atoms with Gasteiger partial charge in [0.25, 0.3) is 0 Å². The summed E-state index contributed by atoms with van der Waals surface area (Å²) in [5.74, 6) is -1.07. The Balaban J connectivity index is 2.89. The molecule has 0 radical (unpaired) electrons. The van der Waals surface area contributed by atoms with Crippen molar-refractivity contribution in [3.8, 4) is 0 Å². The molecule has 1 rings (SSSR count). The van der Waals surface area contributed by atoms with E-state index >= 15 is 0 Å². The van der Waals surface area contributed by atoms with E-state index in [1.807, 2.05) is 0 Å². The summed E-state index contributed by atoms with van der Waals surface area (Å²) >= 11 is 0. The first-order valence-electron chi connectivity index (χ1n) is 6.87. The average molecular weight is 284 g/mol. The average Bonchev–Trinajstić information content (AvgIpc) is 2.37. The molecule has 0 aromatic heterocycles. The van der Waals surface area contributed by atoms with E-state index in [1.54, 1.807) is 0 Å². The van der Waals surface area contributed by atoms with Crippen LogP contribution in [0.15, 0.2) is 0 Å². The van der Waals surface area contributed by atoms with Crippen LogP contribution >= 0.6 is 0 Å². The van der Waals surface area contributed by atoms with Gasteiger partial charge < -0.3 is 22.1 Å². The summed E-state index contributed by atoms with van der Waals surface area (Å²) in [6.07, 6.45) is 3.14. The van der Waals surface area contributed by atoms with Crippen LogP contribution in [-0.2, 0) is 14.4 Å². The molecule has 0 spiro atoms. The highest BCUT2D eigenvalue weighted by molar-refractivity contribution is 5.91. The Morgan fingerprint density at radius 3 is 1.90 bits per heavy atom. The molecule has 7 nitrogen and oxygen atoms in total. The molecule has 1 aliphatic rings. The molecule has 1 fully saturated rings. The molecule has 20 heavy (non-hydrogen) atoms. The quantitative estimate of drug-likeness (QED) is 0.573. The first kappa shape index (κ1) is 16.4. The van der Waals surface area contributed by atoms with Crippen LogP contribution in [-0.4, -0.2) is 42.3 Å². The molecule has 0 heterocycles. The Hall–Kier alpha value is -1.63. The van der Waals surface area contributed by atoms with Gasteiger partial charge in [-0.05, 0) is 31.6 Å². The van der Waals surface area contributed by atoms with E-state index < -0.39 is 17.2 Å². The minimum absolute atomic E-state index is 0.201. The molecular weight excluding hydrogens is 260 g/mol. The van der Waals surface area contributed by atoms with Crippen LogP contribution < -0.4 is 17.2 Å². The summed E-state index contributed by atoms with van der Waals surface area (Å²) in [4.78, 5) is 35.9. The molecule has 0 aromatic carbocycles. The number of hydrogen-bond donors (Lipinski definition) is 3. The lowest BCUT2D eigenvalue weighted by molar-refractivity contribution is -0.148. The Kier molecular flexibility index (Phi) is 5.50. The van der Waals surface area contributed by atoms with Crippen molar-refractivity contribution in [2.75, 3.05) is 19.6 Å². The van der Waals surface area contributed by atoms with Crippen LogP contribution in [0.3, 0.4) is 0 Å². The number of carbonyl (C=O) groups is 3. The fraction of sp³-hybridized carbons (Fsp3) is 0.769. The predicted octanol–water partition coefficient (Wildman–Crippen LogP) is -1.06. The summed E-state index contributed by atoms with van der Waals surface area (Å²) in [5, 5.41) is 0. The number of rotatable bonds is 6. The second-order valence-corrected chi connectivity index (χ2v) is 5.76. The van der Waals surface area contributed by atoms with Gasteiger partial charge in [-0.2, -0.15) is 0 Å². The molecule has 1 aliphatic carbocycles. The maximum atomic E-state index is 12.7. The van der Waals surface area contributed by atoms with Crippen molar-refractivity contribution in [2.24, 2.45) is 28.5 Å². The fourth-order valence-corrected chi connectivity index (χ4v) is 2.73. The summed E-state index contributed by atoms with van der Waals surface area (Å²) in [7, 11) is 0.